The second-order valence-corrected chi connectivity index (χ2v) is 46.1. The lowest BCUT2D eigenvalue weighted by molar-refractivity contribution is 0.195. The zero-order valence-electron chi connectivity index (χ0n) is 86.6. The average Bonchev–Trinajstić information content (AvgIpc) is 1.62. The molecule has 4 fully saturated rings. The van der Waals surface area contributed by atoms with Crippen LogP contribution in [0.4, 0.5) is 45.5 Å². The number of anilines is 8. The molecule has 28 rings (SSSR count). The summed E-state index contributed by atoms with van der Waals surface area (Å²) in [5.41, 5.74) is 33.8. The maximum atomic E-state index is 5.84. The van der Waals surface area contributed by atoms with Crippen LogP contribution >= 0.6 is 0 Å². The first-order valence-corrected chi connectivity index (χ1v) is 54.1. The maximum absolute atomic E-state index is 5.84. The summed E-state index contributed by atoms with van der Waals surface area (Å²) in [5, 5.41) is 20.6. The van der Waals surface area contributed by atoms with Crippen molar-refractivity contribution in [1.82, 2.24) is 0 Å². The summed E-state index contributed by atoms with van der Waals surface area (Å²) >= 11 is 0. The Hall–Kier alpha value is -14.7. The van der Waals surface area contributed by atoms with Crippen LogP contribution in [0, 0.1) is 13.8 Å². The van der Waals surface area contributed by atoms with Crippen molar-refractivity contribution in [1.29, 1.82) is 0 Å². The third-order valence-electron chi connectivity index (χ3n) is 38.9. The van der Waals surface area contributed by atoms with Crippen LogP contribution in [0.25, 0.3) is 153 Å². The van der Waals surface area contributed by atoms with Gasteiger partial charge in [-0.2, -0.15) is 0 Å². The van der Waals surface area contributed by atoms with Crippen LogP contribution in [0.1, 0.15) is 192 Å². The van der Waals surface area contributed by atoms with Gasteiger partial charge in [0.05, 0.1) is 36.4 Å². The lowest BCUT2D eigenvalue weighted by atomic mass is 9.61. The molecular weight excluding hydrogens is 1770 g/mol. The van der Waals surface area contributed by atoms with Crippen molar-refractivity contribution in [2.75, 3.05) is 33.8 Å². The van der Waals surface area contributed by atoms with Crippen LogP contribution in [0.15, 0.2) is 364 Å². The highest BCUT2D eigenvalue weighted by molar-refractivity contribution is 6.30. The molecule has 8 unspecified atom stereocenters. The van der Waals surface area contributed by atoms with E-state index in [-0.39, 0.29) is 43.8 Å². The van der Waals surface area contributed by atoms with Crippen LogP contribution in [0.2, 0.25) is 0 Å². The molecule has 0 N–H and O–H groups in total. The van der Waals surface area contributed by atoms with Gasteiger partial charge in [0.2, 0.25) is 0 Å². The van der Waals surface area contributed by atoms with Crippen molar-refractivity contribution >= 4 is 132 Å². The first-order valence-electron chi connectivity index (χ1n) is 54.1. The quantitative estimate of drug-likeness (QED) is 0.0895. The van der Waals surface area contributed by atoms with Crippen LogP contribution in [-0.4, -0.2) is 36.4 Å². The Labute approximate surface area is 860 Å². The lowest BCUT2D eigenvalue weighted by Gasteiger charge is -2.50. The van der Waals surface area contributed by atoms with Crippen molar-refractivity contribution in [3.8, 4) is 78.3 Å². The molecule has 20 aromatic carbocycles. The van der Waals surface area contributed by atoms with Gasteiger partial charge in [0.15, 0.2) is 0 Å². The van der Waals surface area contributed by atoms with E-state index < -0.39 is 0 Å². The molecular formula is C140H128N4O2. The predicted molar refractivity (Wildman–Crippen MR) is 619 cm³/mol. The van der Waals surface area contributed by atoms with Gasteiger partial charge in [0, 0.05) is 79.3 Å². The molecule has 0 radical (unpaired) electrons. The Morgan fingerprint density at radius 3 is 0.753 bits per heavy atom. The van der Waals surface area contributed by atoms with Gasteiger partial charge in [-0.25, -0.2) is 0 Å². The molecule has 8 aliphatic rings. The van der Waals surface area contributed by atoms with Crippen molar-refractivity contribution in [3.63, 3.8) is 0 Å². The number of hydrogen-bond donors (Lipinski definition) is 0. The number of rotatable bonds is 12. The predicted octanol–water partition coefficient (Wildman–Crippen LogP) is 38.2. The molecule has 146 heavy (non-hydrogen) atoms. The van der Waals surface area contributed by atoms with Gasteiger partial charge in [-0.15, -0.1) is 0 Å². The largest absolute Gasteiger partial charge is 0.497 e. The summed E-state index contributed by atoms with van der Waals surface area (Å²) in [5.74, 6) is 1.78. The van der Waals surface area contributed by atoms with Crippen LogP contribution in [0.5, 0.6) is 11.5 Å². The molecule has 8 atom stereocenters. The monoisotopic (exact) mass is 1900 g/mol. The summed E-state index contributed by atoms with van der Waals surface area (Å²) in [7, 11) is 3.55. The number of fused-ring (bicyclic) bond motifs is 22. The minimum Gasteiger partial charge on any atom is -0.497 e. The molecule has 6 heteroatoms. The van der Waals surface area contributed by atoms with Crippen LogP contribution < -0.4 is 29.1 Å². The number of benzene rings is 20. The van der Waals surface area contributed by atoms with Gasteiger partial charge < -0.3 is 29.1 Å². The van der Waals surface area contributed by atoms with Crippen LogP contribution in [0.3, 0.4) is 0 Å². The molecule has 4 aliphatic carbocycles. The Bertz CT molecular complexity index is 8840. The van der Waals surface area contributed by atoms with E-state index in [1.807, 2.05) is 0 Å². The molecule has 0 aromatic heterocycles. The van der Waals surface area contributed by atoms with Gasteiger partial charge in [0.25, 0.3) is 0 Å². The zero-order chi connectivity index (χ0) is 98.9. The standard InChI is InChI=1S/C70H64N2O2.C70H64N2/c1-67-34-14-16-36-69(67,3)71(49-23-18-25-51(41-49)73-5)63-32-30-47(39-61(63)67)65-54-28-12-13-29-55(54)66(60-44-58-56(45-20-8-7-9-21-45)38-46-22-10-11-27-53(46)57(58)43-59(60)65)48-31-33-64-62(40-48)68(2)35-15-17-37-70(68,4)72(64)50-24-19-26-52(42-50)74-6;1-45-20-18-25-51(38-45)71-63-32-30-49(41-61(63)67(3)34-14-16-36-69(67,71)5)65-54-28-12-13-29-55(54)66(60-44-58-56(47-22-8-7-9-23-47)40-48-24-10-11-27-53(48)57(58)43-59(60)65)50-31-33-64-62(42-50)68(4)35-15-17-37-70(68,6)72(64)52-26-19-21-46(2)39-52/h7-13,18-33,38-44H,14-17,34-37H2,1-6H3;7-13,18-33,38-44H,14-17,34-37H2,1-6H3. The number of aryl methyl sites for hydroxylation is 2. The lowest BCUT2D eigenvalue weighted by Crippen LogP contribution is -2.54. The van der Waals surface area contributed by atoms with E-state index >= 15 is 0 Å². The smallest absolute Gasteiger partial charge is 0.120 e. The third kappa shape index (κ3) is 13.0. The number of methoxy groups -OCH3 is 2. The molecule has 0 bridgehead atoms. The van der Waals surface area contributed by atoms with Crippen molar-refractivity contribution in [2.24, 2.45) is 0 Å². The molecule has 0 saturated heterocycles. The molecule has 0 spiro atoms. The summed E-state index contributed by atoms with van der Waals surface area (Å²) in [6.45, 7) is 24.9. The highest BCUT2D eigenvalue weighted by atomic mass is 16.5. The fourth-order valence-corrected chi connectivity index (χ4v) is 30.7. The van der Waals surface area contributed by atoms with E-state index in [0.717, 1.165) is 37.2 Å². The van der Waals surface area contributed by atoms with Crippen molar-refractivity contribution in [3.05, 3.63) is 397 Å². The van der Waals surface area contributed by atoms with E-state index in [4.69, 9.17) is 9.47 Å². The highest BCUT2D eigenvalue weighted by Gasteiger charge is 2.62. The van der Waals surface area contributed by atoms with Gasteiger partial charge in [0.1, 0.15) is 11.5 Å². The maximum Gasteiger partial charge on any atom is 0.120 e. The van der Waals surface area contributed by atoms with E-state index in [2.05, 4.69) is 453 Å². The molecule has 4 heterocycles. The van der Waals surface area contributed by atoms with E-state index in [1.165, 1.54) is 309 Å². The molecule has 0 amide bonds. The first kappa shape index (κ1) is 90.1. The van der Waals surface area contributed by atoms with Crippen LogP contribution in [-0.2, 0) is 21.7 Å². The molecule has 4 aliphatic heterocycles. The molecule has 6 nitrogen and oxygen atoms in total. The third-order valence-corrected chi connectivity index (χ3v) is 38.9. The van der Waals surface area contributed by atoms with E-state index in [1.54, 1.807) is 14.2 Å². The zero-order valence-corrected chi connectivity index (χ0v) is 86.6. The van der Waals surface area contributed by atoms with Gasteiger partial charge in [-0.1, -0.05) is 297 Å². The van der Waals surface area contributed by atoms with E-state index in [0.29, 0.717) is 0 Å². The fourth-order valence-electron chi connectivity index (χ4n) is 30.7. The Balaban J connectivity index is 0.000000145. The number of nitrogens with zero attached hydrogens (tertiary/aromatic N) is 4. The van der Waals surface area contributed by atoms with Crippen molar-refractivity contribution in [2.45, 2.75) is 216 Å². The number of hydrogen-bond acceptors (Lipinski definition) is 6. The summed E-state index contributed by atoms with van der Waals surface area (Å²) in [6.07, 6.45) is 19.1. The molecule has 20 aromatic rings. The van der Waals surface area contributed by atoms with E-state index in [9.17, 15) is 0 Å². The number of ether oxygens (including phenoxy) is 2. The minimum atomic E-state index is -0.102. The Kier molecular flexibility index (Phi) is 20.6. The normalized spacial score (nSPS) is 23.2. The highest BCUT2D eigenvalue weighted by Crippen LogP contribution is 2.68. The molecule has 4 saturated carbocycles. The first-order chi connectivity index (χ1) is 71.1. The molecule has 720 valence electrons. The Morgan fingerprint density at radius 2 is 0.459 bits per heavy atom. The summed E-state index contributed by atoms with van der Waals surface area (Å²) < 4.78 is 11.7. The summed E-state index contributed by atoms with van der Waals surface area (Å²) in [6, 6.07) is 140. The Morgan fingerprint density at radius 1 is 0.199 bits per heavy atom. The average molecular weight is 1900 g/mol. The second-order valence-electron chi connectivity index (χ2n) is 46.1. The fraction of sp³-hybridized carbons (Fsp3) is 0.257. The van der Waals surface area contributed by atoms with Gasteiger partial charge in [-0.3, -0.25) is 0 Å². The van der Waals surface area contributed by atoms with Gasteiger partial charge >= 0.3 is 0 Å². The minimum absolute atomic E-state index is 0.0140. The van der Waals surface area contributed by atoms with Gasteiger partial charge in [-0.05, 0) is 413 Å². The topological polar surface area (TPSA) is 31.4 Å². The SMILES string of the molecule is COc1cccc(N2c3ccc(-c4c5ccccc5c(-c5ccc6c(c5)C5(C)CCCCC5(C)N6c5cccc(OC)c5)c5cc6c(cc45)c(-c4ccccc4)cc4ccccc46)cc3C3(C)CCCCC23C)c1.Cc1cccc(N2c3ccc(-c4c5ccccc5c(-c5ccc6c(c5)C5(C)CCCCC5(C)N6c5cccc(C)c5)c5cc6c(cc45)c(-c4ccccc4)cc4ccccc46)cc3C3(C)CCCCC23C)c1. The summed E-state index contributed by atoms with van der Waals surface area (Å²) in [4.78, 5) is 10.8. The van der Waals surface area contributed by atoms with Crippen molar-refractivity contribution < 1.29 is 9.47 Å². The second kappa shape index (κ2) is 33.4.